The molecule has 0 saturated carbocycles. The Bertz CT molecular complexity index is 853. The molecule has 0 bridgehead atoms. The number of amides is 1. The number of hydrogen-bond acceptors (Lipinski definition) is 4. The van der Waals surface area contributed by atoms with Gasteiger partial charge in [-0.1, -0.05) is 0 Å². The first-order valence-electron chi connectivity index (χ1n) is 9.78. The van der Waals surface area contributed by atoms with Crippen molar-refractivity contribution in [2.45, 2.75) is 32.3 Å². The van der Waals surface area contributed by atoms with Crippen LogP contribution in [0.4, 0.5) is 0 Å². The molecule has 1 aromatic heterocycles. The highest BCUT2D eigenvalue weighted by atomic mass is 16.5. The largest absolute Gasteiger partial charge is 0.481 e. The number of carboxylic acids is 1. The summed E-state index contributed by atoms with van der Waals surface area (Å²) in [6.45, 7) is 3.77. The van der Waals surface area contributed by atoms with Gasteiger partial charge in [-0.2, -0.15) is 5.10 Å². The van der Waals surface area contributed by atoms with E-state index in [0.29, 0.717) is 31.7 Å². The van der Waals surface area contributed by atoms with Crippen LogP contribution in [0.25, 0.3) is 5.69 Å². The Kier molecular flexibility index (Phi) is 5.17. The molecule has 3 heterocycles. The third-order valence-electron chi connectivity index (χ3n) is 5.83. The van der Waals surface area contributed by atoms with Crippen LogP contribution < -0.4 is 0 Å². The summed E-state index contributed by atoms with van der Waals surface area (Å²) in [4.78, 5) is 26.1. The fourth-order valence-electron chi connectivity index (χ4n) is 4.26. The van der Waals surface area contributed by atoms with Gasteiger partial charge in [0.15, 0.2) is 0 Å². The van der Waals surface area contributed by atoms with Gasteiger partial charge in [0.1, 0.15) is 0 Å². The van der Waals surface area contributed by atoms with E-state index in [9.17, 15) is 14.7 Å². The lowest BCUT2D eigenvalue weighted by Crippen LogP contribution is -2.43. The van der Waals surface area contributed by atoms with Crippen LogP contribution in [-0.4, -0.2) is 57.5 Å². The highest BCUT2D eigenvalue weighted by Gasteiger charge is 2.40. The van der Waals surface area contributed by atoms with Crippen molar-refractivity contribution in [2.24, 2.45) is 11.8 Å². The van der Waals surface area contributed by atoms with Gasteiger partial charge in [-0.25, -0.2) is 4.68 Å². The molecule has 2 aliphatic rings. The standard InChI is InChI=1S/C21H25N3O4/c1-14-12-22-24(13-14)17-4-2-16(3-5-17)20(25)23-9-6-15(7-10-23)19-18(21(26)27)8-11-28-19/h2-5,12-13,15,18-19H,6-11H2,1H3,(H,26,27)/t18?,19-/m0/s1. The summed E-state index contributed by atoms with van der Waals surface area (Å²) >= 11 is 0. The number of piperidine rings is 1. The average molecular weight is 383 g/mol. The maximum absolute atomic E-state index is 12.8. The Morgan fingerprint density at radius 2 is 1.86 bits per heavy atom. The first-order chi connectivity index (χ1) is 13.5. The lowest BCUT2D eigenvalue weighted by atomic mass is 9.84. The average Bonchev–Trinajstić information content (AvgIpc) is 3.37. The van der Waals surface area contributed by atoms with Gasteiger partial charge in [0.05, 0.1) is 23.9 Å². The molecule has 2 fully saturated rings. The van der Waals surface area contributed by atoms with E-state index in [4.69, 9.17) is 4.74 Å². The third kappa shape index (κ3) is 3.67. The highest BCUT2D eigenvalue weighted by Crippen LogP contribution is 2.33. The molecule has 2 saturated heterocycles. The van der Waals surface area contributed by atoms with Crippen LogP contribution in [0.2, 0.25) is 0 Å². The Labute approximate surface area is 163 Å². The maximum Gasteiger partial charge on any atom is 0.309 e. The predicted molar refractivity (Wildman–Crippen MR) is 102 cm³/mol. The molecule has 0 aliphatic carbocycles. The van der Waals surface area contributed by atoms with E-state index in [-0.39, 0.29) is 17.9 Å². The van der Waals surface area contributed by atoms with Gasteiger partial charge < -0.3 is 14.7 Å². The van der Waals surface area contributed by atoms with Crippen molar-refractivity contribution in [3.8, 4) is 5.69 Å². The van der Waals surface area contributed by atoms with Crippen LogP contribution in [0.5, 0.6) is 0 Å². The zero-order valence-corrected chi connectivity index (χ0v) is 16.0. The topological polar surface area (TPSA) is 84.7 Å². The Morgan fingerprint density at radius 1 is 1.14 bits per heavy atom. The van der Waals surface area contributed by atoms with Gasteiger partial charge in [-0.05, 0) is 61.9 Å². The molecule has 1 N–H and O–H groups in total. The van der Waals surface area contributed by atoms with Gasteiger partial charge in [-0.3, -0.25) is 9.59 Å². The Hall–Kier alpha value is -2.67. The zero-order valence-electron chi connectivity index (χ0n) is 16.0. The van der Waals surface area contributed by atoms with Crippen LogP contribution in [0.1, 0.15) is 35.2 Å². The predicted octanol–water partition coefficient (Wildman–Crippen LogP) is 2.52. The first-order valence-corrected chi connectivity index (χ1v) is 9.78. The maximum atomic E-state index is 12.8. The third-order valence-corrected chi connectivity index (χ3v) is 5.83. The van der Waals surface area contributed by atoms with Crippen molar-refractivity contribution in [1.29, 1.82) is 0 Å². The molecule has 1 amide bonds. The van der Waals surface area contributed by atoms with E-state index in [1.54, 1.807) is 10.9 Å². The number of aryl methyl sites for hydroxylation is 1. The van der Waals surface area contributed by atoms with Gasteiger partial charge in [0, 0.05) is 31.5 Å². The molecule has 2 atom stereocenters. The zero-order chi connectivity index (χ0) is 19.7. The van der Waals surface area contributed by atoms with E-state index < -0.39 is 11.9 Å². The van der Waals surface area contributed by atoms with Crippen molar-refractivity contribution >= 4 is 11.9 Å². The molecule has 4 rings (SSSR count). The summed E-state index contributed by atoms with van der Waals surface area (Å²) in [5.74, 6) is -0.957. The van der Waals surface area contributed by atoms with Crippen LogP contribution in [-0.2, 0) is 9.53 Å². The fraction of sp³-hybridized carbons (Fsp3) is 0.476. The van der Waals surface area contributed by atoms with Crippen molar-refractivity contribution in [2.75, 3.05) is 19.7 Å². The van der Waals surface area contributed by atoms with E-state index >= 15 is 0 Å². The van der Waals surface area contributed by atoms with Gasteiger partial charge in [0.25, 0.3) is 5.91 Å². The number of ether oxygens (including phenoxy) is 1. The van der Waals surface area contributed by atoms with Gasteiger partial charge >= 0.3 is 5.97 Å². The quantitative estimate of drug-likeness (QED) is 0.877. The van der Waals surface area contributed by atoms with E-state index in [2.05, 4.69) is 5.10 Å². The molecule has 7 heteroatoms. The smallest absolute Gasteiger partial charge is 0.309 e. The SMILES string of the molecule is Cc1cnn(-c2ccc(C(=O)N3CCC([C@@H]4OCCC4C(=O)O)CC3)cc2)c1. The Balaban J connectivity index is 1.37. The number of hydrogen-bond donors (Lipinski definition) is 1. The van der Waals surface area contributed by atoms with Crippen molar-refractivity contribution < 1.29 is 19.4 Å². The van der Waals surface area contributed by atoms with Crippen molar-refractivity contribution in [3.63, 3.8) is 0 Å². The minimum absolute atomic E-state index is 0.0174. The summed E-state index contributed by atoms with van der Waals surface area (Å²) in [5.41, 5.74) is 2.66. The van der Waals surface area contributed by atoms with Gasteiger partial charge in [0.2, 0.25) is 0 Å². The molecule has 28 heavy (non-hydrogen) atoms. The summed E-state index contributed by atoms with van der Waals surface area (Å²) in [6.07, 6.45) is 5.67. The first kappa shape index (κ1) is 18.7. The molecule has 2 aromatic rings. The normalized spacial score (nSPS) is 23.1. The summed E-state index contributed by atoms with van der Waals surface area (Å²) in [7, 11) is 0. The lowest BCUT2D eigenvalue weighted by Gasteiger charge is -2.35. The molecule has 7 nitrogen and oxygen atoms in total. The molecule has 148 valence electrons. The molecular formula is C21H25N3O4. The molecule has 1 unspecified atom stereocenters. The number of aliphatic carboxylic acids is 1. The molecular weight excluding hydrogens is 358 g/mol. The number of carbonyl (C=O) groups is 2. The lowest BCUT2D eigenvalue weighted by molar-refractivity contribution is -0.145. The Morgan fingerprint density at radius 3 is 2.46 bits per heavy atom. The van der Waals surface area contributed by atoms with Crippen LogP contribution in [0.3, 0.4) is 0 Å². The summed E-state index contributed by atoms with van der Waals surface area (Å²) < 4.78 is 7.50. The van der Waals surface area contributed by atoms with Crippen LogP contribution >= 0.6 is 0 Å². The number of benzene rings is 1. The second kappa shape index (κ2) is 7.75. The number of aromatic nitrogens is 2. The number of rotatable bonds is 4. The van der Waals surface area contributed by atoms with Crippen LogP contribution in [0, 0.1) is 18.8 Å². The number of likely N-dealkylation sites (tertiary alicyclic amines) is 1. The number of carboxylic acid groups (broad SMARTS) is 1. The highest BCUT2D eigenvalue weighted by molar-refractivity contribution is 5.94. The molecule has 0 radical (unpaired) electrons. The van der Waals surface area contributed by atoms with Gasteiger partial charge in [-0.15, -0.1) is 0 Å². The number of carbonyl (C=O) groups excluding carboxylic acids is 1. The minimum atomic E-state index is -0.770. The van der Waals surface area contributed by atoms with E-state index in [1.807, 2.05) is 42.3 Å². The fourth-order valence-corrected chi connectivity index (χ4v) is 4.26. The van der Waals surface area contributed by atoms with E-state index in [0.717, 1.165) is 24.1 Å². The second-order valence-electron chi connectivity index (χ2n) is 7.71. The second-order valence-corrected chi connectivity index (χ2v) is 7.71. The van der Waals surface area contributed by atoms with Crippen molar-refractivity contribution in [3.05, 3.63) is 47.8 Å². The molecule has 2 aliphatic heterocycles. The number of nitrogens with zero attached hydrogens (tertiary/aromatic N) is 3. The molecule has 1 aromatic carbocycles. The van der Waals surface area contributed by atoms with Crippen LogP contribution in [0.15, 0.2) is 36.7 Å². The summed E-state index contributed by atoms with van der Waals surface area (Å²) in [5, 5.41) is 13.6. The molecule has 0 spiro atoms. The minimum Gasteiger partial charge on any atom is -0.481 e. The summed E-state index contributed by atoms with van der Waals surface area (Å²) in [6, 6.07) is 7.47. The van der Waals surface area contributed by atoms with Crippen molar-refractivity contribution in [1.82, 2.24) is 14.7 Å². The van der Waals surface area contributed by atoms with E-state index in [1.165, 1.54) is 0 Å². The monoisotopic (exact) mass is 383 g/mol.